The predicted molar refractivity (Wildman–Crippen MR) is 79.8 cm³/mol. The summed E-state index contributed by atoms with van der Waals surface area (Å²) >= 11 is 1.41. The summed E-state index contributed by atoms with van der Waals surface area (Å²) in [5, 5.41) is 3.68. The highest BCUT2D eigenvalue weighted by molar-refractivity contribution is 7.99. The zero-order valence-electron chi connectivity index (χ0n) is 11.5. The van der Waals surface area contributed by atoms with E-state index < -0.39 is 0 Å². The van der Waals surface area contributed by atoms with Crippen LogP contribution in [0, 0.1) is 0 Å². The number of ether oxygens (including phenoxy) is 2. The average molecular weight is 305 g/mol. The Bertz CT molecular complexity index is 657. The van der Waals surface area contributed by atoms with Gasteiger partial charge in [-0.05, 0) is 19.1 Å². The minimum atomic E-state index is -0.0791. The molecule has 0 saturated heterocycles. The molecule has 0 aliphatic carbocycles. The van der Waals surface area contributed by atoms with Crippen molar-refractivity contribution in [1.29, 1.82) is 0 Å². The van der Waals surface area contributed by atoms with Crippen molar-refractivity contribution in [3.63, 3.8) is 0 Å². The zero-order valence-corrected chi connectivity index (χ0v) is 12.4. The summed E-state index contributed by atoms with van der Waals surface area (Å²) in [4.78, 5) is 16.2. The van der Waals surface area contributed by atoms with Gasteiger partial charge in [0.1, 0.15) is 0 Å². The Balaban J connectivity index is 1.57. The maximum absolute atomic E-state index is 12.0. The van der Waals surface area contributed by atoms with E-state index in [2.05, 4.69) is 10.3 Å². The summed E-state index contributed by atoms with van der Waals surface area (Å²) < 4.78 is 12.5. The lowest BCUT2D eigenvalue weighted by Gasteiger charge is -2.07. The van der Waals surface area contributed by atoms with E-state index in [0.717, 1.165) is 11.7 Å². The summed E-state index contributed by atoms with van der Waals surface area (Å²) in [6, 6.07) is 5.34. The topological polar surface area (TPSA) is 65.4 Å². The second kappa shape index (κ2) is 6.09. The van der Waals surface area contributed by atoms with Gasteiger partial charge in [-0.2, -0.15) is 0 Å². The minimum absolute atomic E-state index is 0.0791. The summed E-state index contributed by atoms with van der Waals surface area (Å²) in [5.74, 6) is 1.59. The average Bonchev–Trinajstić information content (AvgIpc) is 3.13. The van der Waals surface area contributed by atoms with Crippen LogP contribution in [0.1, 0.15) is 6.92 Å². The van der Waals surface area contributed by atoms with Crippen molar-refractivity contribution in [3.8, 4) is 11.5 Å². The van der Waals surface area contributed by atoms with Crippen LogP contribution in [0.2, 0.25) is 0 Å². The molecule has 1 N–H and O–H groups in total. The van der Waals surface area contributed by atoms with Crippen molar-refractivity contribution in [2.75, 3.05) is 17.9 Å². The fourth-order valence-corrected chi connectivity index (χ4v) is 2.80. The SMILES string of the molecule is CCn1ccnc1SCC(=O)Nc1ccc2c(c1)OCO2. The van der Waals surface area contributed by atoms with E-state index in [0.29, 0.717) is 22.9 Å². The van der Waals surface area contributed by atoms with Gasteiger partial charge in [0.2, 0.25) is 12.7 Å². The largest absolute Gasteiger partial charge is 0.454 e. The number of carbonyl (C=O) groups is 1. The molecule has 0 fully saturated rings. The van der Waals surface area contributed by atoms with E-state index in [1.165, 1.54) is 11.8 Å². The first-order valence-corrected chi connectivity index (χ1v) is 7.58. The van der Waals surface area contributed by atoms with E-state index in [-0.39, 0.29) is 12.7 Å². The maximum Gasteiger partial charge on any atom is 0.234 e. The van der Waals surface area contributed by atoms with Crippen molar-refractivity contribution in [2.24, 2.45) is 0 Å². The van der Waals surface area contributed by atoms with Crippen LogP contribution in [0.3, 0.4) is 0 Å². The van der Waals surface area contributed by atoms with Gasteiger partial charge in [0.05, 0.1) is 5.75 Å². The second-order valence-electron chi connectivity index (χ2n) is 4.40. The van der Waals surface area contributed by atoms with Crippen LogP contribution in [0.25, 0.3) is 0 Å². The van der Waals surface area contributed by atoms with Gasteiger partial charge >= 0.3 is 0 Å². The summed E-state index contributed by atoms with van der Waals surface area (Å²) in [7, 11) is 0. The van der Waals surface area contributed by atoms with Crippen LogP contribution in [0.5, 0.6) is 11.5 Å². The van der Waals surface area contributed by atoms with Crippen molar-refractivity contribution < 1.29 is 14.3 Å². The Hall–Kier alpha value is -2.15. The van der Waals surface area contributed by atoms with Crippen molar-refractivity contribution in [3.05, 3.63) is 30.6 Å². The first-order chi connectivity index (χ1) is 10.3. The molecule has 1 aliphatic heterocycles. The number of benzene rings is 1. The van der Waals surface area contributed by atoms with Crippen LogP contribution in [0.4, 0.5) is 5.69 Å². The molecule has 1 aromatic carbocycles. The van der Waals surface area contributed by atoms with Crippen molar-refractivity contribution in [2.45, 2.75) is 18.6 Å². The number of hydrogen-bond acceptors (Lipinski definition) is 5. The molecule has 3 rings (SSSR count). The summed E-state index contributed by atoms with van der Waals surface area (Å²) in [6.07, 6.45) is 3.64. The normalized spacial score (nSPS) is 12.4. The number of carbonyl (C=O) groups excluding carboxylic acids is 1. The molecular weight excluding hydrogens is 290 g/mol. The lowest BCUT2D eigenvalue weighted by atomic mass is 10.3. The van der Waals surface area contributed by atoms with Crippen molar-refractivity contribution in [1.82, 2.24) is 9.55 Å². The number of fused-ring (bicyclic) bond motifs is 1. The highest BCUT2D eigenvalue weighted by Gasteiger charge is 2.14. The first-order valence-electron chi connectivity index (χ1n) is 6.59. The Morgan fingerprint density at radius 1 is 1.43 bits per heavy atom. The molecule has 6 nitrogen and oxygen atoms in total. The zero-order chi connectivity index (χ0) is 14.7. The van der Waals surface area contributed by atoms with Crippen LogP contribution in [-0.4, -0.2) is 28.0 Å². The van der Waals surface area contributed by atoms with E-state index in [1.54, 1.807) is 24.4 Å². The van der Waals surface area contributed by atoms with E-state index in [9.17, 15) is 4.79 Å². The number of hydrogen-bond donors (Lipinski definition) is 1. The number of amides is 1. The molecule has 2 heterocycles. The number of nitrogens with zero attached hydrogens (tertiary/aromatic N) is 2. The summed E-state index contributed by atoms with van der Waals surface area (Å²) in [6.45, 7) is 3.10. The third kappa shape index (κ3) is 3.13. The summed E-state index contributed by atoms with van der Waals surface area (Å²) in [5.41, 5.74) is 0.698. The Morgan fingerprint density at radius 2 is 2.29 bits per heavy atom. The van der Waals surface area contributed by atoms with Gasteiger partial charge in [-0.25, -0.2) is 4.98 Å². The molecule has 7 heteroatoms. The molecule has 0 radical (unpaired) electrons. The third-order valence-corrected chi connectivity index (χ3v) is 4.01. The van der Waals surface area contributed by atoms with Gasteiger partial charge < -0.3 is 19.4 Å². The number of aryl methyl sites for hydroxylation is 1. The van der Waals surface area contributed by atoms with E-state index >= 15 is 0 Å². The number of thioether (sulfide) groups is 1. The van der Waals surface area contributed by atoms with Crippen LogP contribution >= 0.6 is 11.8 Å². The lowest BCUT2D eigenvalue weighted by molar-refractivity contribution is -0.113. The molecule has 0 atom stereocenters. The lowest BCUT2D eigenvalue weighted by Crippen LogP contribution is -2.14. The Morgan fingerprint density at radius 3 is 3.14 bits per heavy atom. The predicted octanol–water partition coefficient (Wildman–Crippen LogP) is 2.36. The molecule has 110 valence electrons. The minimum Gasteiger partial charge on any atom is -0.454 e. The van der Waals surface area contributed by atoms with Gasteiger partial charge in [0.15, 0.2) is 16.7 Å². The fourth-order valence-electron chi connectivity index (χ4n) is 1.98. The van der Waals surface area contributed by atoms with Gasteiger partial charge in [-0.15, -0.1) is 0 Å². The van der Waals surface area contributed by atoms with Gasteiger partial charge in [-0.3, -0.25) is 4.79 Å². The van der Waals surface area contributed by atoms with E-state index in [4.69, 9.17) is 9.47 Å². The molecule has 1 aromatic heterocycles. The highest BCUT2D eigenvalue weighted by atomic mass is 32.2. The molecule has 1 aliphatic rings. The fraction of sp³-hybridized carbons (Fsp3) is 0.286. The molecule has 0 bridgehead atoms. The highest BCUT2D eigenvalue weighted by Crippen LogP contribution is 2.34. The van der Waals surface area contributed by atoms with Gasteiger partial charge in [-0.1, -0.05) is 11.8 Å². The number of aromatic nitrogens is 2. The maximum atomic E-state index is 12.0. The standard InChI is InChI=1S/C14H15N3O3S/c1-2-17-6-5-15-14(17)21-8-13(18)16-10-3-4-11-12(7-10)20-9-19-11/h3-7H,2,8-9H2,1H3,(H,16,18). The molecule has 1 amide bonds. The van der Waals surface area contributed by atoms with Crippen LogP contribution in [0.15, 0.2) is 35.7 Å². The molecular formula is C14H15N3O3S. The number of rotatable bonds is 5. The number of imidazole rings is 1. The Kier molecular flexibility index (Phi) is 4.01. The monoisotopic (exact) mass is 305 g/mol. The molecule has 0 saturated carbocycles. The number of nitrogens with one attached hydrogen (secondary N) is 1. The molecule has 21 heavy (non-hydrogen) atoms. The Labute approximate surface area is 126 Å². The van der Waals surface area contributed by atoms with Gasteiger partial charge in [0.25, 0.3) is 0 Å². The third-order valence-electron chi connectivity index (χ3n) is 3.01. The first kappa shape index (κ1) is 13.8. The van der Waals surface area contributed by atoms with Crippen LogP contribution < -0.4 is 14.8 Å². The smallest absolute Gasteiger partial charge is 0.234 e. The quantitative estimate of drug-likeness (QED) is 0.859. The molecule has 0 unspecified atom stereocenters. The van der Waals surface area contributed by atoms with Crippen molar-refractivity contribution >= 4 is 23.4 Å². The second-order valence-corrected chi connectivity index (χ2v) is 5.34. The number of anilines is 1. The van der Waals surface area contributed by atoms with Gasteiger partial charge in [0, 0.05) is 30.7 Å². The molecule has 0 spiro atoms. The molecule has 2 aromatic rings. The van der Waals surface area contributed by atoms with E-state index in [1.807, 2.05) is 17.7 Å². The van der Waals surface area contributed by atoms with Crippen LogP contribution in [-0.2, 0) is 11.3 Å².